The Labute approximate surface area is 201 Å². The summed E-state index contributed by atoms with van der Waals surface area (Å²) in [5.41, 5.74) is 2.27. The predicted molar refractivity (Wildman–Crippen MR) is 131 cm³/mol. The lowest BCUT2D eigenvalue weighted by atomic mass is 9.96. The molecule has 2 aromatic carbocycles. The van der Waals surface area contributed by atoms with Crippen molar-refractivity contribution in [2.75, 3.05) is 49.6 Å². The Kier molecular flexibility index (Phi) is 6.48. The second-order valence-corrected chi connectivity index (χ2v) is 9.81. The second kappa shape index (κ2) is 9.67. The molecule has 2 fully saturated rings. The molecule has 2 saturated heterocycles. The van der Waals surface area contributed by atoms with Gasteiger partial charge in [-0.3, -0.25) is 9.59 Å². The molecule has 1 atom stereocenters. The molecule has 5 rings (SSSR count). The fourth-order valence-corrected chi connectivity index (χ4v) is 5.46. The Morgan fingerprint density at radius 2 is 1.88 bits per heavy atom. The summed E-state index contributed by atoms with van der Waals surface area (Å²) in [6.45, 7) is 4.19. The maximum Gasteiger partial charge on any atom is 0.253 e. The van der Waals surface area contributed by atoms with Crippen molar-refractivity contribution in [2.45, 2.75) is 12.8 Å². The van der Waals surface area contributed by atoms with Crippen LogP contribution in [0.3, 0.4) is 0 Å². The van der Waals surface area contributed by atoms with Gasteiger partial charge in [-0.2, -0.15) is 0 Å². The van der Waals surface area contributed by atoms with Gasteiger partial charge in [0.15, 0.2) is 5.13 Å². The molecule has 0 spiro atoms. The minimum absolute atomic E-state index is 0.0547. The average Bonchev–Trinajstić information content (AvgIpc) is 3.28. The zero-order chi connectivity index (χ0) is 22.8. The van der Waals surface area contributed by atoms with Crippen molar-refractivity contribution in [3.8, 4) is 0 Å². The molecule has 2 amide bonds. The molecule has 172 valence electrons. The average molecular weight is 485 g/mol. The molecule has 33 heavy (non-hydrogen) atoms. The Hall–Kier alpha value is -2.68. The van der Waals surface area contributed by atoms with Gasteiger partial charge in [-0.25, -0.2) is 4.98 Å². The van der Waals surface area contributed by atoms with Crippen LogP contribution < -0.4 is 10.2 Å². The van der Waals surface area contributed by atoms with Gasteiger partial charge in [-0.15, -0.1) is 0 Å². The monoisotopic (exact) mass is 484 g/mol. The molecule has 0 unspecified atom stereocenters. The third-order valence-electron chi connectivity index (χ3n) is 6.10. The zero-order valence-electron chi connectivity index (χ0n) is 18.1. The van der Waals surface area contributed by atoms with E-state index in [1.54, 1.807) is 40.5 Å². The van der Waals surface area contributed by atoms with Crippen molar-refractivity contribution in [1.29, 1.82) is 0 Å². The van der Waals surface area contributed by atoms with Crippen molar-refractivity contribution in [1.82, 2.24) is 9.88 Å². The van der Waals surface area contributed by atoms with E-state index in [0.29, 0.717) is 23.7 Å². The van der Waals surface area contributed by atoms with Crippen molar-refractivity contribution < 1.29 is 14.3 Å². The third-order valence-corrected chi connectivity index (χ3v) is 7.43. The van der Waals surface area contributed by atoms with Crippen LogP contribution in [0.4, 0.5) is 10.8 Å². The van der Waals surface area contributed by atoms with Gasteiger partial charge >= 0.3 is 0 Å². The molecule has 0 bridgehead atoms. The number of nitrogens with zero attached hydrogens (tertiary/aromatic N) is 3. The highest BCUT2D eigenvalue weighted by Gasteiger charge is 2.29. The molecular weight excluding hydrogens is 460 g/mol. The molecule has 0 aliphatic carbocycles. The van der Waals surface area contributed by atoms with Crippen LogP contribution in [0.2, 0.25) is 5.02 Å². The van der Waals surface area contributed by atoms with E-state index in [0.717, 1.165) is 60.2 Å². The van der Waals surface area contributed by atoms with E-state index in [4.69, 9.17) is 21.3 Å². The Bertz CT molecular complexity index is 1160. The molecule has 3 heterocycles. The van der Waals surface area contributed by atoms with Gasteiger partial charge in [0, 0.05) is 42.5 Å². The Morgan fingerprint density at radius 1 is 1.09 bits per heavy atom. The minimum Gasteiger partial charge on any atom is -0.378 e. The molecular formula is C24H25ClN4O3S. The number of hydrogen-bond acceptors (Lipinski definition) is 6. The maximum atomic E-state index is 13.0. The number of carbonyl (C=O) groups is 2. The maximum absolute atomic E-state index is 13.0. The van der Waals surface area contributed by atoms with Gasteiger partial charge < -0.3 is 19.9 Å². The van der Waals surface area contributed by atoms with Crippen molar-refractivity contribution >= 4 is 55.8 Å². The van der Waals surface area contributed by atoms with Gasteiger partial charge in [0.2, 0.25) is 5.91 Å². The second-order valence-electron chi connectivity index (χ2n) is 8.36. The van der Waals surface area contributed by atoms with E-state index < -0.39 is 0 Å². The lowest BCUT2D eigenvalue weighted by Crippen LogP contribution is -2.43. The molecule has 1 N–H and O–H groups in total. The summed E-state index contributed by atoms with van der Waals surface area (Å²) < 4.78 is 6.47. The number of carbonyl (C=O) groups excluding carboxylic acids is 2. The highest BCUT2D eigenvalue weighted by molar-refractivity contribution is 7.22. The first-order valence-electron chi connectivity index (χ1n) is 11.2. The number of benzene rings is 2. The molecule has 1 aromatic heterocycles. The Morgan fingerprint density at radius 3 is 2.67 bits per heavy atom. The summed E-state index contributed by atoms with van der Waals surface area (Å²) in [5.74, 6) is -0.358. The van der Waals surface area contributed by atoms with Crippen LogP contribution in [-0.4, -0.2) is 61.1 Å². The molecule has 0 saturated carbocycles. The number of nitrogens with one attached hydrogen (secondary N) is 1. The van der Waals surface area contributed by atoms with Crippen molar-refractivity contribution in [2.24, 2.45) is 5.92 Å². The number of aromatic nitrogens is 1. The van der Waals surface area contributed by atoms with Crippen LogP contribution >= 0.6 is 22.9 Å². The van der Waals surface area contributed by atoms with Gasteiger partial charge in [0.1, 0.15) is 0 Å². The fraction of sp³-hybridized carbons (Fsp3) is 0.375. The van der Waals surface area contributed by atoms with E-state index >= 15 is 0 Å². The van der Waals surface area contributed by atoms with E-state index in [9.17, 15) is 9.59 Å². The minimum atomic E-state index is -0.240. The van der Waals surface area contributed by atoms with Gasteiger partial charge in [0.25, 0.3) is 5.91 Å². The van der Waals surface area contributed by atoms with Crippen molar-refractivity contribution in [3.05, 3.63) is 53.1 Å². The summed E-state index contributed by atoms with van der Waals surface area (Å²) in [7, 11) is 0. The van der Waals surface area contributed by atoms with E-state index in [2.05, 4.69) is 10.2 Å². The highest BCUT2D eigenvalue weighted by Crippen LogP contribution is 2.31. The quantitative estimate of drug-likeness (QED) is 0.598. The van der Waals surface area contributed by atoms with Gasteiger partial charge in [-0.05, 0) is 55.3 Å². The van der Waals surface area contributed by atoms with Crippen molar-refractivity contribution in [3.63, 3.8) is 0 Å². The number of anilines is 2. The molecule has 7 nitrogen and oxygen atoms in total. The molecule has 3 aromatic rings. The topological polar surface area (TPSA) is 74.8 Å². The first-order chi connectivity index (χ1) is 16.1. The van der Waals surface area contributed by atoms with Gasteiger partial charge in [0.05, 0.1) is 29.3 Å². The number of morpholine rings is 1. The summed E-state index contributed by atoms with van der Waals surface area (Å²) in [6, 6.07) is 12.7. The molecule has 0 radical (unpaired) electrons. The van der Waals surface area contributed by atoms with E-state index in [-0.39, 0.29) is 17.7 Å². The third kappa shape index (κ3) is 4.98. The zero-order valence-corrected chi connectivity index (χ0v) is 19.7. The van der Waals surface area contributed by atoms with Crippen LogP contribution in [0.15, 0.2) is 42.5 Å². The van der Waals surface area contributed by atoms with E-state index in [1.807, 2.05) is 18.2 Å². The normalized spacial score (nSPS) is 19.0. The lowest BCUT2D eigenvalue weighted by Gasteiger charge is -2.32. The standard InChI is InChI=1S/C24H25ClN4O3S/c25-18-5-3-16(4-6-18)23(31)29-9-1-2-17(15-29)22(30)26-19-7-8-20-21(14-19)33-24(27-20)28-10-12-32-13-11-28/h3-8,14,17H,1-2,9-13,15H2,(H,26,30)/t17-/m1/s1. The number of likely N-dealkylation sites (tertiary alicyclic amines) is 1. The molecule has 2 aliphatic heterocycles. The number of hydrogen-bond donors (Lipinski definition) is 1. The smallest absolute Gasteiger partial charge is 0.253 e. The molecule has 2 aliphatic rings. The number of amides is 2. The highest BCUT2D eigenvalue weighted by atomic mass is 35.5. The fourth-order valence-electron chi connectivity index (χ4n) is 4.28. The van der Waals surface area contributed by atoms with Crippen LogP contribution in [0, 0.1) is 5.92 Å². The first kappa shape index (κ1) is 22.1. The summed E-state index contributed by atoms with van der Waals surface area (Å²) >= 11 is 7.56. The summed E-state index contributed by atoms with van der Waals surface area (Å²) in [6.07, 6.45) is 1.56. The van der Waals surface area contributed by atoms with Crippen LogP contribution in [0.5, 0.6) is 0 Å². The van der Waals surface area contributed by atoms with Crippen LogP contribution in [0.1, 0.15) is 23.2 Å². The largest absolute Gasteiger partial charge is 0.378 e. The van der Waals surface area contributed by atoms with Gasteiger partial charge in [-0.1, -0.05) is 22.9 Å². The Balaban J connectivity index is 1.24. The van der Waals surface area contributed by atoms with Crippen LogP contribution in [-0.2, 0) is 9.53 Å². The number of thiazole rings is 1. The number of ether oxygens (including phenoxy) is 1. The SMILES string of the molecule is O=C(Nc1ccc2nc(N3CCOCC3)sc2c1)[C@@H]1CCCN(C(=O)c2ccc(Cl)cc2)C1. The first-order valence-corrected chi connectivity index (χ1v) is 12.4. The number of fused-ring (bicyclic) bond motifs is 1. The predicted octanol–water partition coefficient (Wildman–Crippen LogP) is 4.28. The van der Waals surface area contributed by atoms with Crippen LogP contribution in [0.25, 0.3) is 10.2 Å². The lowest BCUT2D eigenvalue weighted by molar-refractivity contribution is -0.121. The van der Waals surface area contributed by atoms with E-state index in [1.165, 1.54) is 0 Å². The summed E-state index contributed by atoms with van der Waals surface area (Å²) in [4.78, 5) is 34.6. The number of piperidine rings is 1. The molecule has 9 heteroatoms. The number of rotatable bonds is 4. The summed E-state index contributed by atoms with van der Waals surface area (Å²) in [5, 5.41) is 4.63. The number of halogens is 1.